The molecule has 0 aromatic heterocycles. The SMILES string of the molecule is CC/C=C/C/C=C/C/C=C/CCCCCCCCCCCCC(=O)OCC(COCCC(C(=O)O)[N+](C)(C)C)OC(=O)CCC/C=C/C/C=C/C/C=C/CC. The van der Waals surface area contributed by atoms with Gasteiger partial charge in [-0.1, -0.05) is 138 Å². The molecule has 0 rings (SSSR count). The topological polar surface area (TPSA) is 99.1 Å². The molecule has 1 N–H and O–H groups in total. The summed E-state index contributed by atoms with van der Waals surface area (Å²) in [7, 11) is 5.50. The average molecular weight is 771 g/mol. The normalized spacial score (nSPS) is 13.7. The molecule has 55 heavy (non-hydrogen) atoms. The smallest absolute Gasteiger partial charge is 0.362 e. The summed E-state index contributed by atoms with van der Waals surface area (Å²) in [5.41, 5.74) is 0. The van der Waals surface area contributed by atoms with Crippen LogP contribution in [0.15, 0.2) is 72.9 Å². The molecule has 0 aromatic carbocycles. The number of carboxylic acid groups (broad SMARTS) is 1. The largest absolute Gasteiger partial charge is 0.477 e. The minimum atomic E-state index is -0.887. The lowest BCUT2D eigenvalue weighted by atomic mass is 10.1. The molecule has 8 heteroatoms. The molecule has 0 aliphatic rings. The fraction of sp³-hybridized carbons (Fsp3) is 0.681. The van der Waals surface area contributed by atoms with Crippen LogP contribution in [0.25, 0.3) is 0 Å². The molecule has 0 heterocycles. The first-order chi connectivity index (χ1) is 26.6. The van der Waals surface area contributed by atoms with Gasteiger partial charge in [-0.15, -0.1) is 0 Å². The molecule has 0 amide bonds. The summed E-state index contributed by atoms with van der Waals surface area (Å²) >= 11 is 0. The van der Waals surface area contributed by atoms with Crippen molar-refractivity contribution in [2.75, 3.05) is 41.0 Å². The van der Waals surface area contributed by atoms with E-state index in [0.717, 1.165) is 64.2 Å². The van der Waals surface area contributed by atoms with E-state index in [1.54, 1.807) is 0 Å². The van der Waals surface area contributed by atoms with E-state index in [9.17, 15) is 19.5 Å². The number of aliphatic carboxylic acids is 1. The van der Waals surface area contributed by atoms with Crippen molar-refractivity contribution in [3.8, 4) is 0 Å². The lowest BCUT2D eigenvalue weighted by Gasteiger charge is -2.31. The Bertz CT molecular complexity index is 1130. The number of unbranched alkanes of at least 4 members (excludes halogenated alkanes) is 11. The maximum absolute atomic E-state index is 12.6. The Balaban J connectivity index is 4.33. The molecular formula is C47H80NO7+. The van der Waals surface area contributed by atoms with Crippen molar-refractivity contribution in [3.05, 3.63) is 72.9 Å². The Morgan fingerprint density at radius 1 is 0.545 bits per heavy atom. The molecule has 0 spiro atoms. The highest BCUT2D eigenvalue weighted by molar-refractivity contribution is 5.72. The third kappa shape index (κ3) is 36.2. The van der Waals surface area contributed by atoms with Gasteiger partial charge in [0.15, 0.2) is 12.1 Å². The van der Waals surface area contributed by atoms with Crippen LogP contribution in [0.4, 0.5) is 0 Å². The molecule has 0 aliphatic heterocycles. The van der Waals surface area contributed by atoms with Crippen LogP contribution in [0.3, 0.4) is 0 Å². The predicted octanol–water partition coefficient (Wildman–Crippen LogP) is 11.6. The Morgan fingerprint density at radius 3 is 1.47 bits per heavy atom. The molecular weight excluding hydrogens is 691 g/mol. The third-order valence-electron chi connectivity index (χ3n) is 9.10. The molecule has 314 valence electrons. The number of rotatable bonds is 37. The summed E-state index contributed by atoms with van der Waals surface area (Å²) < 4.78 is 17.2. The van der Waals surface area contributed by atoms with Crippen molar-refractivity contribution < 1.29 is 38.2 Å². The van der Waals surface area contributed by atoms with E-state index >= 15 is 0 Å². The minimum absolute atomic E-state index is 0.0364. The van der Waals surface area contributed by atoms with Gasteiger partial charge >= 0.3 is 17.9 Å². The zero-order chi connectivity index (χ0) is 40.7. The number of carboxylic acids is 1. The maximum atomic E-state index is 12.6. The summed E-state index contributed by atoms with van der Waals surface area (Å²) in [4.78, 5) is 36.9. The van der Waals surface area contributed by atoms with Gasteiger partial charge in [-0.05, 0) is 70.6 Å². The van der Waals surface area contributed by atoms with E-state index in [2.05, 4.69) is 86.8 Å². The Labute approximate surface area is 336 Å². The number of likely N-dealkylation sites (N-methyl/N-ethyl adjacent to an activating group) is 1. The van der Waals surface area contributed by atoms with Crippen LogP contribution < -0.4 is 0 Å². The Morgan fingerprint density at radius 2 is 0.982 bits per heavy atom. The molecule has 0 saturated carbocycles. The number of carbonyl (C=O) groups is 3. The number of allylic oxidation sites excluding steroid dienone is 12. The molecule has 2 unspecified atom stereocenters. The van der Waals surface area contributed by atoms with Gasteiger partial charge in [0.2, 0.25) is 0 Å². The standard InChI is InChI=1S/C47H79NO7/c1-6-8-10-12-14-16-18-19-20-21-22-23-24-25-26-28-29-31-33-35-37-45(49)54-42-43(41-53-40-39-44(47(51)52)48(3,4)5)55-46(50)38-36-34-32-30-27-17-15-13-11-9-7-2/h8-11,14-17,19-20,30,32,43-44H,6-7,12-13,18,21-29,31,33-42H2,1-5H3/p+1/b10-8+,11-9+,16-14+,17-15+,20-19+,32-30+. The van der Waals surface area contributed by atoms with E-state index in [1.807, 2.05) is 21.1 Å². The molecule has 0 saturated heterocycles. The fourth-order valence-electron chi connectivity index (χ4n) is 5.83. The monoisotopic (exact) mass is 771 g/mol. The number of quaternary nitrogens is 1. The van der Waals surface area contributed by atoms with Crippen LogP contribution >= 0.6 is 0 Å². The van der Waals surface area contributed by atoms with Gasteiger partial charge in [0.05, 0.1) is 34.4 Å². The molecule has 8 nitrogen and oxygen atoms in total. The Hall–Kier alpha value is -3.23. The van der Waals surface area contributed by atoms with Crippen molar-refractivity contribution >= 4 is 17.9 Å². The number of nitrogens with zero attached hydrogens (tertiary/aromatic N) is 1. The average Bonchev–Trinajstić information content (AvgIpc) is 3.14. The van der Waals surface area contributed by atoms with Crippen LogP contribution in [-0.2, 0) is 28.6 Å². The second-order valence-electron chi connectivity index (χ2n) is 15.2. The highest BCUT2D eigenvalue weighted by Gasteiger charge is 2.31. The van der Waals surface area contributed by atoms with E-state index in [4.69, 9.17) is 14.2 Å². The van der Waals surface area contributed by atoms with Crippen LogP contribution in [0.2, 0.25) is 0 Å². The van der Waals surface area contributed by atoms with Gasteiger partial charge in [-0.2, -0.15) is 0 Å². The van der Waals surface area contributed by atoms with E-state index in [1.165, 1.54) is 51.4 Å². The maximum Gasteiger partial charge on any atom is 0.362 e. The van der Waals surface area contributed by atoms with Crippen LogP contribution in [0, 0.1) is 0 Å². The lowest BCUT2D eigenvalue weighted by molar-refractivity contribution is -0.887. The molecule has 0 fully saturated rings. The van der Waals surface area contributed by atoms with Gasteiger partial charge in [0, 0.05) is 19.3 Å². The second-order valence-corrected chi connectivity index (χ2v) is 15.2. The lowest BCUT2D eigenvalue weighted by Crippen LogP contribution is -2.50. The quantitative estimate of drug-likeness (QED) is 0.0291. The van der Waals surface area contributed by atoms with E-state index in [0.29, 0.717) is 19.3 Å². The third-order valence-corrected chi connectivity index (χ3v) is 9.10. The van der Waals surface area contributed by atoms with Crippen LogP contribution in [0.5, 0.6) is 0 Å². The minimum Gasteiger partial charge on any atom is -0.477 e. The molecule has 0 aliphatic carbocycles. The number of hydrogen-bond acceptors (Lipinski definition) is 6. The van der Waals surface area contributed by atoms with E-state index in [-0.39, 0.29) is 42.7 Å². The molecule has 0 aromatic rings. The van der Waals surface area contributed by atoms with Gasteiger partial charge in [0.1, 0.15) is 6.61 Å². The first kappa shape index (κ1) is 51.8. The van der Waals surface area contributed by atoms with Crippen molar-refractivity contribution in [1.29, 1.82) is 0 Å². The van der Waals surface area contributed by atoms with Crippen molar-refractivity contribution in [1.82, 2.24) is 0 Å². The summed E-state index contributed by atoms with van der Waals surface area (Å²) in [6, 6.07) is -0.626. The second kappa shape index (κ2) is 37.7. The van der Waals surface area contributed by atoms with Crippen LogP contribution in [0.1, 0.15) is 155 Å². The Kier molecular flexibility index (Phi) is 35.5. The number of ether oxygens (including phenoxy) is 3. The first-order valence-electron chi connectivity index (χ1n) is 21.5. The van der Waals surface area contributed by atoms with Gasteiger partial charge in [-0.3, -0.25) is 9.59 Å². The summed E-state index contributed by atoms with van der Waals surface area (Å²) in [5.74, 6) is -1.55. The van der Waals surface area contributed by atoms with Crippen molar-refractivity contribution in [3.63, 3.8) is 0 Å². The number of hydrogen-bond donors (Lipinski definition) is 1. The number of esters is 2. The molecule has 0 bridgehead atoms. The highest BCUT2D eigenvalue weighted by Crippen LogP contribution is 2.14. The van der Waals surface area contributed by atoms with Gasteiger partial charge in [0.25, 0.3) is 0 Å². The summed E-state index contributed by atoms with van der Waals surface area (Å²) in [6.07, 6.45) is 46.8. The zero-order valence-corrected chi connectivity index (χ0v) is 35.6. The van der Waals surface area contributed by atoms with Crippen LogP contribution in [-0.4, -0.2) is 80.6 Å². The predicted molar refractivity (Wildman–Crippen MR) is 229 cm³/mol. The summed E-state index contributed by atoms with van der Waals surface area (Å²) in [5, 5.41) is 9.60. The van der Waals surface area contributed by atoms with E-state index < -0.39 is 18.1 Å². The molecule has 0 radical (unpaired) electrons. The van der Waals surface area contributed by atoms with Crippen molar-refractivity contribution in [2.24, 2.45) is 0 Å². The fourth-order valence-corrected chi connectivity index (χ4v) is 5.83. The highest BCUT2D eigenvalue weighted by atomic mass is 16.6. The zero-order valence-electron chi connectivity index (χ0n) is 35.6. The first-order valence-corrected chi connectivity index (χ1v) is 21.5. The molecule has 2 atom stereocenters. The summed E-state index contributed by atoms with van der Waals surface area (Å²) in [6.45, 7) is 4.43. The van der Waals surface area contributed by atoms with Gasteiger partial charge < -0.3 is 23.8 Å². The van der Waals surface area contributed by atoms with Gasteiger partial charge in [-0.25, -0.2) is 4.79 Å². The number of carbonyl (C=O) groups excluding carboxylic acids is 2. The van der Waals surface area contributed by atoms with Crippen molar-refractivity contribution in [2.45, 2.75) is 167 Å².